The molecule has 1 aromatic carbocycles. The Morgan fingerprint density at radius 1 is 1.00 bits per heavy atom. The molecule has 0 fully saturated rings. The first-order chi connectivity index (χ1) is 15.0. The van der Waals surface area contributed by atoms with E-state index in [0.29, 0.717) is 13.0 Å². The zero-order valence-electron chi connectivity index (χ0n) is 19.7. The summed E-state index contributed by atoms with van der Waals surface area (Å²) in [5, 5.41) is 2.81. The number of amides is 1. The molecule has 0 spiro atoms. The molecule has 0 aliphatic heterocycles. The van der Waals surface area contributed by atoms with Gasteiger partial charge in [-0.2, -0.15) is 0 Å². The van der Waals surface area contributed by atoms with E-state index < -0.39 is 6.09 Å². The number of nitrogens with one attached hydrogen (secondary N) is 1. The van der Waals surface area contributed by atoms with Crippen molar-refractivity contribution in [2.45, 2.75) is 84.3 Å². The Labute approximate surface area is 188 Å². The van der Waals surface area contributed by atoms with Gasteiger partial charge in [0.15, 0.2) is 0 Å². The lowest BCUT2D eigenvalue weighted by molar-refractivity contribution is -0.145. The van der Waals surface area contributed by atoms with Crippen molar-refractivity contribution in [2.24, 2.45) is 0 Å². The monoisotopic (exact) mass is 434 g/mol. The first kappa shape index (κ1) is 27.0. The van der Waals surface area contributed by atoms with Gasteiger partial charge in [-0.3, -0.25) is 4.79 Å². The van der Waals surface area contributed by atoms with Gasteiger partial charge in [0.25, 0.3) is 0 Å². The third-order valence-electron chi connectivity index (χ3n) is 5.37. The Kier molecular flexibility index (Phi) is 15.3. The molecule has 0 aliphatic carbocycles. The molecule has 6 nitrogen and oxygen atoms in total. The number of ether oxygens (including phenoxy) is 2. The van der Waals surface area contributed by atoms with Crippen LogP contribution in [0.4, 0.5) is 4.79 Å². The Hall–Kier alpha value is -2.08. The molecule has 0 heterocycles. The highest BCUT2D eigenvalue weighted by Crippen LogP contribution is 2.15. The maximum absolute atomic E-state index is 12.2. The first-order valence-electron chi connectivity index (χ1n) is 11.9. The number of nitrogens with zero attached hydrogens (tertiary/aromatic N) is 1. The number of alkyl carbamates (subject to hydrolysis) is 1. The molecular weight excluding hydrogens is 392 g/mol. The van der Waals surface area contributed by atoms with Gasteiger partial charge < -0.3 is 19.7 Å². The van der Waals surface area contributed by atoms with Gasteiger partial charge in [-0.25, -0.2) is 4.79 Å². The van der Waals surface area contributed by atoms with Gasteiger partial charge in [0.1, 0.15) is 12.7 Å². The smallest absolute Gasteiger partial charge is 0.407 e. The minimum absolute atomic E-state index is 0.249. The molecule has 0 unspecified atom stereocenters. The Morgan fingerprint density at radius 2 is 1.71 bits per heavy atom. The van der Waals surface area contributed by atoms with Crippen LogP contribution in [0.25, 0.3) is 0 Å². The molecule has 0 radical (unpaired) electrons. The molecule has 0 bridgehead atoms. The summed E-state index contributed by atoms with van der Waals surface area (Å²) in [5.74, 6) is -0.259. The van der Waals surface area contributed by atoms with Crippen LogP contribution in [-0.2, 0) is 20.9 Å². The van der Waals surface area contributed by atoms with Gasteiger partial charge >= 0.3 is 12.1 Å². The van der Waals surface area contributed by atoms with Gasteiger partial charge in [0, 0.05) is 19.5 Å². The largest absolute Gasteiger partial charge is 0.461 e. The molecule has 1 rings (SSSR count). The average Bonchev–Trinajstić information content (AvgIpc) is 2.78. The number of carbonyl (C=O) groups is 2. The summed E-state index contributed by atoms with van der Waals surface area (Å²) in [4.78, 5) is 26.5. The van der Waals surface area contributed by atoms with E-state index in [9.17, 15) is 9.59 Å². The summed E-state index contributed by atoms with van der Waals surface area (Å²) < 4.78 is 11.0. The number of carbonyl (C=O) groups excluding carboxylic acids is 2. The van der Waals surface area contributed by atoms with Crippen LogP contribution in [0, 0.1) is 0 Å². The first-order valence-corrected chi connectivity index (χ1v) is 11.9. The van der Waals surface area contributed by atoms with Crippen LogP contribution in [0.1, 0.15) is 77.2 Å². The Balaban J connectivity index is 2.38. The van der Waals surface area contributed by atoms with Gasteiger partial charge in [-0.05, 0) is 38.4 Å². The van der Waals surface area contributed by atoms with E-state index in [1.165, 1.54) is 25.7 Å². The summed E-state index contributed by atoms with van der Waals surface area (Å²) in [5.41, 5.74) is 0.965. The van der Waals surface area contributed by atoms with Crippen molar-refractivity contribution in [1.29, 1.82) is 0 Å². The molecule has 1 N–H and O–H groups in total. The second-order valence-electron chi connectivity index (χ2n) is 8.09. The molecule has 0 saturated heterocycles. The summed E-state index contributed by atoms with van der Waals surface area (Å²) in [6, 6.07) is 9.63. The van der Waals surface area contributed by atoms with E-state index in [-0.39, 0.29) is 25.1 Å². The second-order valence-corrected chi connectivity index (χ2v) is 8.09. The van der Waals surface area contributed by atoms with E-state index in [1.807, 2.05) is 37.4 Å². The summed E-state index contributed by atoms with van der Waals surface area (Å²) in [6.45, 7) is 6.81. The lowest BCUT2D eigenvalue weighted by Gasteiger charge is -2.19. The quantitative estimate of drug-likeness (QED) is 0.266. The number of likely N-dealkylation sites (N-methyl/N-ethyl adjacent to an activating group) is 1. The SMILES string of the molecule is CCCCCCCC[C@@H](CCC(=O)OCc1ccccc1)OC(=O)NCCN(C)CC. The highest BCUT2D eigenvalue weighted by atomic mass is 16.6. The highest BCUT2D eigenvalue weighted by Gasteiger charge is 2.17. The Morgan fingerprint density at radius 3 is 2.42 bits per heavy atom. The van der Waals surface area contributed by atoms with Crippen molar-refractivity contribution in [1.82, 2.24) is 10.2 Å². The topological polar surface area (TPSA) is 67.9 Å². The van der Waals surface area contributed by atoms with Gasteiger partial charge in [-0.15, -0.1) is 0 Å². The minimum Gasteiger partial charge on any atom is -0.461 e. The molecule has 6 heteroatoms. The van der Waals surface area contributed by atoms with Crippen LogP contribution in [0.15, 0.2) is 30.3 Å². The van der Waals surface area contributed by atoms with Gasteiger partial charge in [-0.1, -0.05) is 76.3 Å². The van der Waals surface area contributed by atoms with Crippen LogP contribution in [-0.4, -0.2) is 49.7 Å². The predicted molar refractivity (Wildman–Crippen MR) is 125 cm³/mol. The van der Waals surface area contributed by atoms with Crippen LogP contribution < -0.4 is 5.32 Å². The number of unbranched alkanes of at least 4 members (excludes halogenated alkanes) is 5. The summed E-state index contributed by atoms with van der Waals surface area (Å²) in [7, 11) is 2.01. The van der Waals surface area contributed by atoms with Gasteiger partial charge in [0.2, 0.25) is 0 Å². The van der Waals surface area contributed by atoms with E-state index in [0.717, 1.165) is 37.9 Å². The lowest BCUT2D eigenvalue weighted by atomic mass is 10.0. The molecule has 1 aromatic rings. The molecular formula is C25H42N2O4. The second kappa shape index (κ2) is 17.6. The number of hydrogen-bond acceptors (Lipinski definition) is 5. The number of esters is 1. The molecule has 176 valence electrons. The normalized spacial score (nSPS) is 11.9. The van der Waals surface area contributed by atoms with Gasteiger partial charge in [0.05, 0.1) is 0 Å². The van der Waals surface area contributed by atoms with Crippen molar-refractivity contribution in [3.8, 4) is 0 Å². The predicted octanol–water partition coefficient (Wildman–Crippen LogP) is 5.31. The zero-order chi connectivity index (χ0) is 22.7. The fourth-order valence-corrected chi connectivity index (χ4v) is 3.20. The van der Waals surface area contributed by atoms with E-state index in [4.69, 9.17) is 9.47 Å². The molecule has 0 aliphatic rings. The maximum Gasteiger partial charge on any atom is 0.407 e. The maximum atomic E-state index is 12.2. The molecule has 1 amide bonds. The summed E-state index contributed by atoms with van der Waals surface area (Å²) >= 11 is 0. The van der Waals surface area contributed by atoms with E-state index in [2.05, 4.69) is 24.1 Å². The van der Waals surface area contributed by atoms with E-state index >= 15 is 0 Å². The van der Waals surface area contributed by atoms with E-state index in [1.54, 1.807) is 0 Å². The van der Waals surface area contributed by atoms with Crippen molar-refractivity contribution in [3.05, 3.63) is 35.9 Å². The minimum atomic E-state index is -0.405. The van der Waals surface area contributed by atoms with Crippen molar-refractivity contribution < 1.29 is 19.1 Å². The van der Waals surface area contributed by atoms with Crippen LogP contribution in [0.5, 0.6) is 0 Å². The number of rotatable bonds is 17. The lowest BCUT2D eigenvalue weighted by Crippen LogP contribution is -2.35. The standard InChI is InChI=1S/C25H42N2O4/c1-4-6-7-8-9-13-16-23(31-25(29)26-19-20-27(3)5-2)17-18-24(28)30-21-22-14-11-10-12-15-22/h10-12,14-15,23H,4-9,13,16-21H2,1-3H3,(H,26,29)/t23-/m0/s1. The van der Waals surface area contributed by atoms with Crippen LogP contribution in [0.3, 0.4) is 0 Å². The fraction of sp³-hybridized carbons (Fsp3) is 0.680. The fourth-order valence-electron chi connectivity index (χ4n) is 3.20. The molecule has 31 heavy (non-hydrogen) atoms. The summed E-state index contributed by atoms with van der Waals surface area (Å²) in [6.07, 6.45) is 7.92. The Bertz CT molecular complexity index is 594. The third kappa shape index (κ3) is 14.5. The molecule has 1 atom stereocenters. The molecule has 0 aromatic heterocycles. The average molecular weight is 435 g/mol. The van der Waals surface area contributed by atoms with Crippen molar-refractivity contribution in [2.75, 3.05) is 26.7 Å². The van der Waals surface area contributed by atoms with Crippen molar-refractivity contribution >= 4 is 12.1 Å². The zero-order valence-corrected chi connectivity index (χ0v) is 19.7. The van der Waals surface area contributed by atoms with Crippen molar-refractivity contribution in [3.63, 3.8) is 0 Å². The number of benzene rings is 1. The number of hydrogen-bond donors (Lipinski definition) is 1. The van der Waals surface area contributed by atoms with Crippen LogP contribution in [0.2, 0.25) is 0 Å². The highest BCUT2D eigenvalue weighted by molar-refractivity contribution is 5.70. The third-order valence-corrected chi connectivity index (χ3v) is 5.37. The van der Waals surface area contributed by atoms with Crippen LogP contribution >= 0.6 is 0 Å². The molecule has 0 saturated carbocycles.